The van der Waals surface area contributed by atoms with Gasteiger partial charge in [0, 0.05) is 11.8 Å². The molecule has 8 nitrogen and oxygen atoms in total. The van der Waals surface area contributed by atoms with Crippen molar-refractivity contribution in [3.8, 4) is 11.5 Å². The average molecular weight is 475 g/mol. The van der Waals surface area contributed by atoms with E-state index in [2.05, 4.69) is 5.32 Å². The number of anilines is 1. The second-order valence-electron chi connectivity index (χ2n) is 7.24. The van der Waals surface area contributed by atoms with Crippen molar-refractivity contribution < 1.29 is 27.1 Å². The van der Waals surface area contributed by atoms with Gasteiger partial charge in [0.25, 0.3) is 5.56 Å². The second-order valence-corrected chi connectivity index (χ2v) is 9.12. The van der Waals surface area contributed by atoms with E-state index in [1.165, 1.54) is 63.6 Å². The largest absolute Gasteiger partial charge is 0.493 e. The molecule has 0 aliphatic rings. The number of benzene rings is 2. The molecule has 1 N–H and O–H groups in total. The van der Waals surface area contributed by atoms with E-state index in [9.17, 15) is 22.4 Å². The zero-order valence-electron chi connectivity index (χ0n) is 18.5. The molecule has 0 fully saturated rings. The third kappa shape index (κ3) is 4.75. The number of sulfone groups is 1. The van der Waals surface area contributed by atoms with Crippen LogP contribution in [0.5, 0.6) is 11.5 Å². The lowest BCUT2D eigenvalue weighted by Gasteiger charge is -2.16. The number of ether oxygens (including phenoxy) is 2. The van der Waals surface area contributed by atoms with Crippen LogP contribution in [0.25, 0.3) is 0 Å². The van der Waals surface area contributed by atoms with Crippen LogP contribution in [0.4, 0.5) is 10.1 Å². The van der Waals surface area contributed by atoms with Crippen molar-refractivity contribution in [2.24, 2.45) is 0 Å². The first-order valence-corrected chi connectivity index (χ1v) is 11.3. The van der Waals surface area contributed by atoms with Crippen LogP contribution in [0.1, 0.15) is 11.3 Å². The Balaban J connectivity index is 2.04. The minimum Gasteiger partial charge on any atom is -0.493 e. The monoisotopic (exact) mass is 474 g/mol. The Labute approximate surface area is 190 Å². The summed E-state index contributed by atoms with van der Waals surface area (Å²) in [5.41, 5.74) is -0.282. The number of nitrogens with one attached hydrogen (secondary N) is 1. The zero-order chi connectivity index (χ0) is 24.3. The number of nitrogens with zero attached hydrogens (tertiary/aromatic N) is 1. The van der Waals surface area contributed by atoms with Crippen LogP contribution in [0.15, 0.2) is 63.1 Å². The molecule has 1 aromatic heterocycles. The number of hydrogen-bond acceptors (Lipinski definition) is 6. The maximum Gasteiger partial charge on any atom is 0.270 e. The molecule has 1 heterocycles. The summed E-state index contributed by atoms with van der Waals surface area (Å²) < 4.78 is 51.9. The van der Waals surface area contributed by atoms with Gasteiger partial charge in [0.2, 0.25) is 15.7 Å². The van der Waals surface area contributed by atoms with Gasteiger partial charge in [-0.25, -0.2) is 12.8 Å². The highest BCUT2D eigenvalue weighted by atomic mass is 32.2. The van der Waals surface area contributed by atoms with Gasteiger partial charge in [-0.1, -0.05) is 12.1 Å². The number of aromatic nitrogens is 1. The smallest absolute Gasteiger partial charge is 0.270 e. The Morgan fingerprint density at radius 3 is 2.33 bits per heavy atom. The van der Waals surface area contributed by atoms with E-state index in [0.29, 0.717) is 11.4 Å². The lowest BCUT2D eigenvalue weighted by molar-refractivity contribution is -0.116. The van der Waals surface area contributed by atoms with E-state index in [1.54, 1.807) is 13.0 Å². The van der Waals surface area contributed by atoms with Gasteiger partial charge in [0.05, 0.1) is 24.8 Å². The van der Waals surface area contributed by atoms with Gasteiger partial charge in [-0.2, -0.15) is 0 Å². The molecule has 0 saturated carbocycles. The van der Waals surface area contributed by atoms with Crippen molar-refractivity contribution in [3.05, 3.63) is 76.0 Å². The molecule has 1 amide bonds. The van der Waals surface area contributed by atoms with E-state index in [1.807, 2.05) is 0 Å². The summed E-state index contributed by atoms with van der Waals surface area (Å²) in [6.45, 7) is 2.59. The molecule has 0 saturated heterocycles. The van der Waals surface area contributed by atoms with Crippen LogP contribution in [-0.4, -0.2) is 33.1 Å². The molecule has 0 unspecified atom stereocenters. The van der Waals surface area contributed by atoms with Crippen LogP contribution >= 0.6 is 0 Å². The van der Waals surface area contributed by atoms with Crippen LogP contribution in [0.2, 0.25) is 0 Å². The molecule has 0 atom stereocenters. The van der Waals surface area contributed by atoms with Crippen molar-refractivity contribution >= 4 is 21.4 Å². The highest BCUT2D eigenvalue weighted by Crippen LogP contribution is 2.32. The number of aryl methyl sites for hydroxylation is 2. The van der Waals surface area contributed by atoms with Crippen molar-refractivity contribution in [2.75, 3.05) is 19.5 Å². The zero-order valence-corrected chi connectivity index (χ0v) is 19.3. The van der Waals surface area contributed by atoms with Crippen molar-refractivity contribution in [2.45, 2.75) is 30.2 Å². The Hall–Kier alpha value is -3.66. The Morgan fingerprint density at radius 1 is 1.03 bits per heavy atom. The standard InChI is InChI=1S/C23H23FN2O6S/c1-14-11-15(2)26(13-21(27)25-18-8-6-5-7-17(18)24)23(28)22(14)33(29,30)16-9-10-19(31-3)20(12-16)32-4/h5-12H,13H2,1-4H3,(H,25,27). The number of methoxy groups -OCH3 is 2. The second kappa shape index (κ2) is 9.45. The number of carbonyl (C=O) groups is 1. The minimum atomic E-state index is -4.26. The fraction of sp³-hybridized carbons (Fsp3) is 0.217. The number of halogens is 1. The first-order chi connectivity index (χ1) is 15.6. The summed E-state index contributed by atoms with van der Waals surface area (Å²) in [4.78, 5) is 25.1. The molecule has 0 aliphatic carbocycles. The summed E-state index contributed by atoms with van der Waals surface area (Å²) in [5.74, 6) is -0.786. The summed E-state index contributed by atoms with van der Waals surface area (Å²) in [6.07, 6.45) is 0. The number of rotatable bonds is 7. The van der Waals surface area contributed by atoms with Crippen LogP contribution < -0.4 is 20.3 Å². The number of para-hydroxylation sites is 1. The fourth-order valence-corrected chi connectivity index (χ4v) is 5.00. The summed E-state index contributed by atoms with van der Waals surface area (Å²) in [5, 5.41) is 2.39. The molecule has 33 heavy (non-hydrogen) atoms. The SMILES string of the molecule is COc1ccc(S(=O)(=O)c2c(C)cc(C)n(CC(=O)Nc3ccccc3F)c2=O)cc1OC. The number of pyridine rings is 1. The number of hydrogen-bond donors (Lipinski definition) is 1. The fourth-order valence-electron chi connectivity index (χ4n) is 3.43. The molecule has 2 aromatic carbocycles. The van der Waals surface area contributed by atoms with E-state index in [-0.39, 0.29) is 21.9 Å². The topological polar surface area (TPSA) is 104 Å². The molecular weight excluding hydrogens is 451 g/mol. The third-order valence-electron chi connectivity index (χ3n) is 5.03. The molecule has 0 spiro atoms. The summed E-state index contributed by atoms with van der Waals surface area (Å²) in [7, 11) is -1.47. The normalized spacial score (nSPS) is 11.2. The van der Waals surface area contributed by atoms with Gasteiger partial charge in [-0.3, -0.25) is 9.59 Å². The molecule has 0 aliphatic heterocycles. The highest BCUT2D eigenvalue weighted by Gasteiger charge is 2.27. The quantitative estimate of drug-likeness (QED) is 0.565. The maximum absolute atomic E-state index is 13.8. The van der Waals surface area contributed by atoms with E-state index in [0.717, 1.165) is 4.57 Å². The molecule has 10 heteroatoms. The predicted octanol–water partition coefficient (Wildman–Crippen LogP) is 3.09. The van der Waals surface area contributed by atoms with Gasteiger partial charge in [0.1, 0.15) is 17.3 Å². The lowest BCUT2D eigenvalue weighted by Crippen LogP contribution is -2.33. The van der Waals surface area contributed by atoms with Gasteiger partial charge < -0.3 is 19.4 Å². The number of amides is 1. The van der Waals surface area contributed by atoms with Crippen LogP contribution in [0, 0.1) is 19.7 Å². The van der Waals surface area contributed by atoms with E-state index < -0.39 is 38.6 Å². The van der Waals surface area contributed by atoms with E-state index in [4.69, 9.17) is 9.47 Å². The van der Waals surface area contributed by atoms with Gasteiger partial charge >= 0.3 is 0 Å². The van der Waals surface area contributed by atoms with Gasteiger partial charge in [-0.05, 0) is 49.7 Å². The first-order valence-electron chi connectivity index (χ1n) is 9.82. The van der Waals surface area contributed by atoms with Gasteiger partial charge in [-0.15, -0.1) is 0 Å². The maximum atomic E-state index is 13.8. The molecular formula is C23H23FN2O6S. The molecule has 174 valence electrons. The van der Waals surface area contributed by atoms with Crippen molar-refractivity contribution in [3.63, 3.8) is 0 Å². The Kier molecular flexibility index (Phi) is 6.87. The summed E-state index contributed by atoms with van der Waals surface area (Å²) in [6, 6.07) is 11.1. The first kappa shape index (κ1) is 24.0. The average Bonchev–Trinajstić information content (AvgIpc) is 2.77. The molecule has 3 aromatic rings. The molecule has 0 radical (unpaired) electrons. The molecule has 3 rings (SSSR count). The minimum absolute atomic E-state index is 0.0431. The summed E-state index contributed by atoms with van der Waals surface area (Å²) >= 11 is 0. The van der Waals surface area contributed by atoms with Crippen LogP contribution in [0.3, 0.4) is 0 Å². The highest BCUT2D eigenvalue weighted by molar-refractivity contribution is 7.91. The Morgan fingerprint density at radius 2 is 1.70 bits per heavy atom. The van der Waals surface area contributed by atoms with Crippen molar-refractivity contribution in [1.82, 2.24) is 4.57 Å². The van der Waals surface area contributed by atoms with Gasteiger partial charge in [0.15, 0.2) is 11.5 Å². The molecule has 0 bridgehead atoms. The van der Waals surface area contributed by atoms with E-state index >= 15 is 0 Å². The van der Waals surface area contributed by atoms with Crippen molar-refractivity contribution in [1.29, 1.82) is 0 Å². The Bertz CT molecular complexity index is 1380. The predicted molar refractivity (Wildman–Crippen MR) is 120 cm³/mol. The lowest BCUT2D eigenvalue weighted by atomic mass is 10.2. The number of carbonyl (C=O) groups excluding carboxylic acids is 1. The third-order valence-corrected chi connectivity index (χ3v) is 6.94. The van der Waals surface area contributed by atoms with Crippen LogP contribution in [-0.2, 0) is 21.2 Å².